The Kier molecular flexibility index (Phi) is 9.40. The Balaban J connectivity index is 1.22. The molecular formula is C35H31Cl2N3O4. The van der Waals surface area contributed by atoms with E-state index in [2.05, 4.69) is 22.4 Å². The molecule has 1 saturated heterocycles. The van der Waals surface area contributed by atoms with Gasteiger partial charge in [0, 0.05) is 24.1 Å². The molecule has 4 aromatic carbocycles. The van der Waals surface area contributed by atoms with Crippen LogP contribution >= 0.6 is 23.2 Å². The topological polar surface area (TPSA) is 85.6 Å². The van der Waals surface area contributed by atoms with Crippen LogP contribution in [0.2, 0.25) is 10.3 Å². The van der Waals surface area contributed by atoms with E-state index in [9.17, 15) is 9.90 Å². The maximum atomic E-state index is 12.5. The third kappa shape index (κ3) is 7.04. The Morgan fingerprint density at radius 2 is 1.61 bits per heavy atom. The predicted octanol–water partition coefficient (Wildman–Crippen LogP) is 7.52. The lowest BCUT2D eigenvalue weighted by molar-refractivity contribution is -0.252. The Morgan fingerprint density at radius 1 is 0.864 bits per heavy atom. The van der Waals surface area contributed by atoms with E-state index in [1.165, 1.54) is 0 Å². The van der Waals surface area contributed by atoms with Crippen molar-refractivity contribution in [1.82, 2.24) is 14.9 Å². The van der Waals surface area contributed by atoms with Crippen molar-refractivity contribution >= 4 is 29.1 Å². The summed E-state index contributed by atoms with van der Waals surface area (Å²) in [7, 11) is 0. The fraction of sp³-hybridized carbons (Fsp3) is 0.200. The largest absolute Gasteiger partial charge is 0.392 e. The SMILES string of the molecule is O=C(NCc1cccc(-c2cccc([C@@H]3O[C@H](Cn4cnc(Cl)c4Cl)C[C@H](c4ccc(CO)cc4)O3)c2)c1)c1ccccc1. The lowest BCUT2D eigenvalue weighted by Crippen LogP contribution is -2.32. The van der Waals surface area contributed by atoms with Crippen LogP contribution in [0.15, 0.2) is 109 Å². The van der Waals surface area contributed by atoms with Crippen molar-refractivity contribution in [3.05, 3.63) is 148 Å². The molecule has 9 heteroatoms. The summed E-state index contributed by atoms with van der Waals surface area (Å²) in [5.74, 6) is -0.112. The van der Waals surface area contributed by atoms with E-state index >= 15 is 0 Å². The summed E-state index contributed by atoms with van der Waals surface area (Å²) in [6, 6.07) is 33.2. The number of rotatable bonds is 9. The number of halogens is 2. The van der Waals surface area contributed by atoms with E-state index in [1.807, 2.05) is 78.9 Å². The van der Waals surface area contributed by atoms with Crippen molar-refractivity contribution < 1.29 is 19.4 Å². The third-order valence-corrected chi connectivity index (χ3v) is 8.43. The number of aromatic nitrogens is 2. The number of hydrogen-bond donors (Lipinski definition) is 2. The summed E-state index contributed by atoms with van der Waals surface area (Å²) >= 11 is 12.5. The first-order valence-corrected chi connectivity index (χ1v) is 15.1. The van der Waals surface area contributed by atoms with Gasteiger partial charge in [-0.2, -0.15) is 0 Å². The van der Waals surface area contributed by atoms with Gasteiger partial charge in [0.15, 0.2) is 11.4 Å². The van der Waals surface area contributed by atoms with Crippen molar-refractivity contribution in [3.8, 4) is 11.1 Å². The molecule has 1 fully saturated rings. The van der Waals surface area contributed by atoms with Crippen molar-refractivity contribution in [3.63, 3.8) is 0 Å². The highest BCUT2D eigenvalue weighted by Gasteiger charge is 2.33. The minimum Gasteiger partial charge on any atom is -0.392 e. The zero-order valence-corrected chi connectivity index (χ0v) is 25.3. The number of hydrogen-bond acceptors (Lipinski definition) is 5. The summed E-state index contributed by atoms with van der Waals surface area (Å²) in [4.78, 5) is 16.7. The Hall–Kier alpha value is -3.98. The van der Waals surface area contributed by atoms with E-state index in [0.29, 0.717) is 30.2 Å². The second-order valence-corrected chi connectivity index (χ2v) is 11.4. The second-order valence-electron chi connectivity index (χ2n) is 10.7. The van der Waals surface area contributed by atoms with Crippen molar-refractivity contribution in [1.29, 1.82) is 0 Å². The maximum absolute atomic E-state index is 12.5. The highest BCUT2D eigenvalue weighted by Crippen LogP contribution is 2.39. The van der Waals surface area contributed by atoms with Crippen LogP contribution in [0.3, 0.4) is 0 Å². The van der Waals surface area contributed by atoms with Crippen LogP contribution < -0.4 is 5.32 Å². The molecule has 1 amide bonds. The van der Waals surface area contributed by atoms with Gasteiger partial charge in [-0.1, -0.05) is 102 Å². The fourth-order valence-electron chi connectivity index (χ4n) is 5.32. The summed E-state index contributed by atoms with van der Waals surface area (Å²) < 4.78 is 14.8. The summed E-state index contributed by atoms with van der Waals surface area (Å²) in [5.41, 5.74) is 6.34. The van der Waals surface area contributed by atoms with Gasteiger partial charge >= 0.3 is 0 Å². The first-order chi connectivity index (χ1) is 21.5. The molecule has 0 unspecified atom stereocenters. The van der Waals surface area contributed by atoms with Crippen LogP contribution in [0.25, 0.3) is 11.1 Å². The molecule has 0 radical (unpaired) electrons. The molecule has 2 N–H and O–H groups in total. The highest BCUT2D eigenvalue weighted by molar-refractivity contribution is 6.40. The molecule has 44 heavy (non-hydrogen) atoms. The zero-order valence-electron chi connectivity index (χ0n) is 23.8. The molecule has 7 nitrogen and oxygen atoms in total. The molecule has 0 bridgehead atoms. The number of benzene rings is 4. The van der Waals surface area contributed by atoms with Gasteiger partial charge in [-0.25, -0.2) is 4.98 Å². The first-order valence-electron chi connectivity index (χ1n) is 14.4. The number of carbonyl (C=O) groups excluding carboxylic acids is 1. The van der Waals surface area contributed by atoms with Crippen LogP contribution in [-0.2, 0) is 29.2 Å². The fourth-order valence-corrected chi connectivity index (χ4v) is 5.64. The van der Waals surface area contributed by atoms with Gasteiger partial charge in [0.25, 0.3) is 5.91 Å². The van der Waals surface area contributed by atoms with Gasteiger partial charge in [-0.15, -0.1) is 0 Å². The number of carbonyl (C=O) groups is 1. The lowest BCUT2D eigenvalue weighted by atomic mass is 9.98. The maximum Gasteiger partial charge on any atom is 0.251 e. The molecule has 6 rings (SSSR count). The lowest BCUT2D eigenvalue weighted by Gasteiger charge is -2.36. The smallest absolute Gasteiger partial charge is 0.251 e. The van der Waals surface area contributed by atoms with Crippen LogP contribution in [0.5, 0.6) is 0 Å². The minimum atomic E-state index is -0.637. The summed E-state index contributed by atoms with van der Waals surface area (Å²) in [5, 5.41) is 13.1. The average Bonchev–Trinajstić information content (AvgIpc) is 3.39. The first kappa shape index (κ1) is 30.1. The van der Waals surface area contributed by atoms with E-state index < -0.39 is 6.29 Å². The normalized spacial score (nSPS) is 18.2. The zero-order chi connectivity index (χ0) is 30.5. The summed E-state index contributed by atoms with van der Waals surface area (Å²) in [6.45, 7) is 0.850. The number of amides is 1. The highest BCUT2D eigenvalue weighted by atomic mass is 35.5. The molecule has 1 aromatic heterocycles. The standard InChI is InChI=1S/C35H31Cl2N3O4/c36-32-33(37)40(22-39-32)20-30-18-31(25-14-12-23(21-41)13-15-25)44-35(43-30)29-11-5-10-28(17-29)27-9-4-6-24(16-27)19-38-34(42)26-7-2-1-3-8-26/h1-17,22,30-31,35,41H,18-21H2,(H,38,42)/t30-,31+,35+/m0/s1. The number of ether oxygens (including phenoxy) is 2. The Bertz CT molecular complexity index is 1730. The molecule has 2 heterocycles. The predicted molar refractivity (Wildman–Crippen MR) is 170 cm³/mol. The van der Waals surface area contributed by atoms with Gasteiger partial charge in [0.2, 0.25) is 0 Å². The third-order valence-electron chi connectivity index (χ3n) is 7.66. The molecule has 1 aliphatic rings. The number of nitrogens with one attached hydrogen (secondary N) is 1. The van der Waals surface area contributed by atoms with E-state index in [-0.39, 0.29) is 29.9 Å². The van der Waals surface area contributed by atoms with Crippen molar-refractivity contribution in [2.75, 3.05) is 0 Å². The van der Waals surface area contributed by atoms with Crippen LogP contribution in [0.4, 0.5) is 0 Å². The van der Waals surface area contributed by atoms with E-state index in [1.54, 1.807) is 23.0 Å². The molecule has 0 aliphatic carbocycles. The molecule has 224 valence electrons. The van der Waals surface area contributed by atoms with Gasteiger partial charge in [0.05, 0.1) is 31.7 Å². The number of nitrogens with zero attached hydrogens (tertiary/aromatic N) is 2. The Labute approximate surface area is 266 Å². The van der Waals surface area contributed by atoms with E-state index in [4.69, 9.17) is 32.7 Å². The van der Waals surface area contributed by atoms with Gasteiger partial charge < -0.3 is 24.5 Å². The second kappa shape index (κ2) is 13.8. The van der Waals surface area contributed by atoms with Gasteiger partial charge in [0.1, 0.15) is 5.15 Å². The quantitative estimate of drug-likeness (QED) is 0.176. The van der Waals surface area contributed by atoms with Crippen LogP contribution in [0, 0.1) is 0 Å². The van der Waals surface area contributed by atoms with E-state index in [0.717, 1.165) is 33.4 Å². The van der Waals surface area contributed by atoms with Gasteiger partial charge in [-0.3, -0.25) is 4.79 Å². The monoisotopic (exact) mass is 627 g/mol. The molecule has 3 atom stereocenters. The van der Waals surface area contributed by atoms with Crippen molar-refractivity contribution in [2.24, 2.45) is 0 Å². The van der Waals surface area contributed by atoms with Crippen molar-refractivity contribution in [2.45, 2.75) is 44.6 Å². The Morgan fingerprint density at radius 3 is 2.34 bits per heavy atom. The number of imidazole rings is 1. The average molecular weight is 629 g/mol. The van der Waals surface area contributed by atoms with Gasteiger partial charge in [-0.05, 0) is 52.1 Å². The van der Waals surface area contributed by atoms with Crippen LogP contribution in [0.1, 0.15) is 51.4 Å². The minimum absolute atomic E-state index is 0.0204. The number of aliphatic hydroxyl groups is 1. The summed E-state index contributed by atoms with van der Waals surface area (Å²) in [6.07, 6.45) is 1.09. The molecular weight excluding hydrogens is 597 g/mol. The number of aliphatic hydroxyl groups excluding tert-OH is 1. The van der Waals surface area contributed by atoms with Crippen LogP contribution in [-0.4, -0.2) is 26.7 Å². The molecule has 0 saturated carbocycles. The molecule has 0 spiro atoms. The molecule has 1 aliphatic heterocycles. The molecule has 5 aromatic rings.